The van der Waals surface area contributed by atoms with Gasteiger partial charge in [-0.25, -0.2) is 29.2 Å². The Morgan fingerprint density at radius 2 is 0.976 bits per heavy atom. The van der Waals surface area contributed by atoms with Crippen LogP contribution in [0.5, 0.6) is 17.2 Å². The van der Waals surface area contributed by atoms with Gasteiger partial charge >= 0.3 is 0 Å². The topological polar surface area (TPSA) is 60.7 Å². The summed E-state index contributed by atoms with van der Waals surface area (Å²) in [4.78, 5) is 0. The number of rotatable bonds is 0. The van der Waals surface area contributed by atoms with Gasteiger partial charge in [-0.3, -0.25) is 11.1 Å². The second-order valence-corrected chi connectivity index (χ2v) is 7.92. The van der Waals surface area contributed by atoms with E-state index < -0.39 is 11.6 Å². The Hall–Kier alpha value is 11.6. The molecule has 0 atom stereocenters. The number of phenols is 3. The zero-order valence-corrected chi connectivity index (χ0v) is 60.4. The summed E-state index contributed by atoms with van der Waals surface area (Å²) < 4.78 is 26.6. The van der Waals surface area contributed by atoms with Crippen molar-refractivity contribution in [1.82, 2.24) is 0 Å². The molecule has 0 spiro atoms. The Kier molecular flexibility index (Phi) is 117. The molecule has 0 heterocycles. The van der Waals surface area contributed by atoms with Crippen LogP contribution in [-0.2, 0) is 393 Å². The molecule has 3 nitrogen and oxygen atoms in total. The van der Waals surface area contributed by atoms with Gasteiger partial charge in [-0.15, -0.1) is 5.75 Å². The minimum absolute atomic E-state index is 0. The fourth-order valence-corrected chi connectivity index (χ4v) is 2.52. The summed E-state index contributed by atoms with van der Waals surface area (Å²) in [5.41, 5.74) is 1.82. The maximum Gasteiger partial charge on any atom is 0.165 e. The minimum Gasteiger partial charge on any atom is -0.559 e. The Balaban J connectivity index is -0.0000000225. The van der Waals surface area contributed by atoms with Crippen LogP contribution in [0.25, 0.3) is 0 Å². The Bertz CT molecular complexity index is 914. The molecule has 0 aliphatic carbocycles. The summed E-state index contributed by atoms with van der Waals surface area (Å²) in [7, 11) is 0. The first-order valence-electron chi connectivity index (χ1n) is 7.59. The Morgan fingerprint density at radius 3 is 1.27 bits per heavy atom. The van der Waals surface area contributed by atoms with Crippen LogP contribution in [0.1, 0.15) is 18.6 Å². The van der Waals surface area contributed by atoms with Crippen LogP contribution < -0.4 is 0 Å². The zero-order chi connectivity index (χ0) is 21.4. The molecule has 20 heteroatoms. The van der Waals surface area contributed by atoms with Gasteiger partial charge in [0, 0.05) is 403 Å². The van der Waals surface area contributed by atoms with Crippen molar-refractivity contribution in [3.63, 3.8) is 0 Å². The maximum absolute atomic E-state index is 12.4. The second kappa shape index (κ2) is 53.7. The largest absolute Gasteiger partial charge is 0.559 e. The van der Waals surface area contributed by atoms with Crippen molar-refractivity contribution in [2.24, 2.45) is 0 Å². The third-order valence-electron chi connectivity index (χ3n) is 3.08. The molecule has 0 aliphatic heterocycles. The standard InChI is InChI=1S/C8H7BrO.2C6H4BrFO.CH4.12Y/c1-5-3-7(10)4-6(2)8(5)9;7-4-1-2-6(9)5(8)3-4;7-5-2-1-4(9)3-6(5)8;;;;;;;;;;;;;/h10H,1-2H3;2*1-3,9H;1H4;;;;;;;;;;;;/q-2;;;;;;;;;;;;;;;. The third kappa shape index (κ3) is 44.2. The van der Waals surface area contributed by atoms with E-state index in [1.807, 2.05) is 13.8 Å². The van der Waals surface area contributed by atoms with Gasteiger partial charge in [0.25, 0.3) is 0 Å². The predicted molar refractivity (Wildman–Crippen MR) is 121 cm³/mol. The molecule has 3 aromatic carbocycles. The molecule has 0 fully saturated rings. The molecule has 0 aliphatic rings. The minimum atomic E-state index is -0.607. The number of hydrogen-bond acceptors (Lipinski definition) is 3. The van der Waals surface area contributed by atoms with Crippen LogP contribution in [0.4, 0.5) is 8.78 Å². The fourth-order valence-electron chi connectivity index (χ4n) is 1.74. The second-order valence-electron chi connectivity index (χ2n) is 5.36. The molecule has 3 rings (SSSR count). The molecule has 3 aromatic rings. The van der Waals surface area contributed by atoms with Crippen LogP contribution in [-0.4, -0.2) is 15.3 Å². The number of phenolic OH excluding ortho intramolecular Hbond substituents is 3. The SMILES string of the molecule is C.Cc1[c-]c(O)[c-]c(C)c1Br.Oc1ccc(Br)c(F)c1.Oc1ccc(Br)cc1F.[Y].[Y].[Y].[Y].[Y].[Y].[Y].[Y].[Y].[Y].[Y].[Y]. The third-order valence-corrected chi connectivity index (χ3v) is 5.41. The zero-order valence-electron chi connectivity index (χ0n) is 21.6. The van der Waals surface area contributed by atoms with E-state index in [0.29, 0.717) is 8.95 Å². The molecular formula is C21H19Br3F2O3Y12-2. The van der Waals surface area contributed by atoms with E-state index in [1.165, 1.54) is 24.3 Å². The molecule has 0 amide bonds. The van der Waals surface area contributed by atoms with Crippen molar-refractivity contribution in [3.8, 4) is 17.2 Å². The molecule has 41 heavy (non-hydrogen) atoms. The number of aromatic hydroxyl groups is 3. The van der Waals surface area contributed by atoms with Crippen molar-refractivity contribution in [2.45, 2.75) is 21.3 Å². The summed E-state index contributed by atoms with van der Waals surface area (Å²) in [5, 5.41) is 26.3. The Labute approximate surface area is 571 Å². The van der Waals surface area contributed by atoms with Crippen molar-refractivity contribution in [2.75, 3.05) is 0 Å². The molecule has 194 valence electrons. The van der Waals surface area contributed by atoms with Crippen LogP contribution in [0, 0.1) is 37.6 Å². The van der Waals surface area contributed by atoms with E-state index in [2.05, 4.69) is 59.9 Å². The van der Waals surface area contributed by atoms with Gasteiger partial charge in [-0.2, -0.15) is 0 Å². The van der Waals surface area contributed by atoms with Crippen molar-refractivity contribution < 1.29 is 417 Å². The Morgan fingerprint density at radius 1 is 0.585 bits per heavy atom. The van der Waals surface area contributed by atoms with Crippen molar-refractivity contribution in [1.29, 1.82) is 0 Å². The molecule has 0 saturated heterocycles. The average Bonchev–Trinajstić information content (AvgIpc) is 2.61. The maximum atomic E-state index is 12.4. The molecular weight excluding hydrogens is 1640 g/mol. The first kappa shape index (κ1) is 89.3. The van der Waals surface area contributed by atoms with Crippen molar-refractivity contribution >= 4 is 47.8 Å². The average molecular weight is 1660 g/mol. The van der Waals surface area contributed by atoms with E-state index in [4.69, 9.17) is 15.3 Å². The smallest absolute Gasteiger partial charge is 0.165 e. The number of aryl methyl sites for hydroxylation is 2. The predicted octanol–water partition coefficient (Wildman–Crippen LogP) is 7.57. The van der Waals surface area contributed by atoms with Gasteiger partial charge in [0.2, 0.25) is 0 Å². The van der Waals surface area contributed by atoms with Gasteiger partial charge < -0.3 is 27.5 Å². The van der Waals surface area contributed by atoms with Crippen LogP contribution in [0.2, 0.25) is 0 Å². The molecule has 0 aromatic heterocycles. The fraction of sp³-hybridized carbons (Fsp3) is 0.143. The molecule has 0 unspecified atom stereocenters. The summed E-state index contributed by atoms with van der Waals surface area (Å²) in [6.45, 7) is 3.76. The first-order valence-corrected chi connectivity index (χ1v) is 9.97. The van der Waals surface area contributed by atoms with Gasteiger partial charge in [-0.1, -0.05) is 37.2 Å². The quantitative estimate of drug-likeness (QED) is 0.204. The van der Waals surface area contributed by atoms with Crippen LogP contribution in [0.15, 0.2) is 49.8 Å². The number of hydrogen-bond donors (Lipinski definition) is 3. The van der Waals surface area contributed by atoms with Gasteiger partial charge in [0.1, 0.15) is 11.6 Å². The normalized spacial score (nSPS) is 6.61. The van der Waals surface area contributed by atoms with E-state index in [1.54, 1.807) is 6.07 Å². The van der Waals surface area contributed by atoms with Crippen LogP contribution in [0.3, 0.4) is 0 Å². The summed E-state index contributed by atoms with van der Waals surface area (Å²) in [6, 6.07) is 13.4. The monoisotopic (exact) mass is 1660 g/mol. The molecule has 12 radical (unpaired) electrons. The van der Waals surface area contributed by atoms with Gasteiger partial charge in [0.05, 0.1) is 4.47 Å². The van der Waals surface area contributed by atoms with Crippen molar-refractivity contribution in [3.05, 3.63) is 84.7 Å². The molecule has 0 bridgehead atoms. The number of benzene rings is 3. The summed E-state index contributed by atoms with van der Waals surface area (Å²) in [5.74, 6) is -1.36. The van der Waals surface area contributed by atoms with E-state index in [-0.39, 0.29) is 417 Å². The first-order chi connectivity index (χ1) is 13.0. The molecule has 3 N–H and O–H groups in total. The van der Waals surface area contributed by atoms with Gasteiger partial charge in [-0.05, 0) is 46.3 Å². The van der Waals surface area contributed by atoms with Crippen LogP contribution >= 0.6 is 47.8 Å². The molecule has 0 saturated carbocycles. The van der Waals surface area contributed by atoms with Gasteiger partial charge in [0.15, 0.2) is 11.6 Å². The summed E-state index contributed by atoms with van der Waals surface area (Å²) >= 11 is 9.33. The summed E-state index contributed by atoms with van der Waals surface area (Å²) in [6.07, 6.45) is 0. The van der Waals surface area contributed by atoms with E-state index in [0.717, 1.165) is 21.7 Å². The number of halogens is 5. The van der Waals surface area contributed by atoms with E-state index >= 15 is 0 Å². The van der Waals surface area contributed by atoms with E-state index in [9.17, 15) is 8.78 Å².